The van der Waals surface area contributed by atoms with Crippen molar-refractivity contribution in [2.24, 2.45) is 0 Å². The van der Waals surface area contributed by atoms with E-state index in [4.69, 9.17) is 4.74 Å². The Morgan fingerprint density at radius 1 is 1.26 bits per heavy atom. The lowest BCUT2D eigenvalue weighted by Crippen LogP contribution is -2.07. The Labute approximate surface area is 113 Å². The van der Waals surface area contributed by atoms with Gasteiger partial charge in [-0.2, -0.15) is 5.10 Å². The van der Waals surface area contributed by atoms with Crippen LogP contribution in [0.25, 0.3) is 0 Å². The second kappa shape index (κ2) is 6.73. The highest BCUT2D eigenvalue weighted by Gasteiger charge is 2.09. The van der Waals surface area contributed by atoms with E-state index in [-0.39, 0.29) is 5.97 Å². The zero-order valence-corrected chi connectivity index (χ0v) is 11.1. The number of ether oxygens (including phenoxy) is 1. The highest BCUT2D eigenvalue weighted by Crippen LogP contribution is 2.05. The maximum absolute atomic E-state index is 11.5. The van der Waals surface area contributed by atoms with Crippen molar-refractivity contribution in [3.63, 3.8) is 0 Å². The van der Waals surface area contributed by atoms with E-state index in [1.807, 2.05) is 24.4 Å². The summed E-state index contributed by atoms with van der Waals surface area (Å²) in [6, 6.07) is 12.0. The fourth-order valence-electron chi connectivity index (χ4n) is 1.89. The Morgan fingerprint density at radius 3 is 2.79 bits per heavy atom. The number of esters is 1. The van der Waals surface area contributed by atoms with Crippen LogP contribution in [0.5, 0.6) is 0 Å². The summed E-state index contributed by atoms with van der Waals surface area (Å²) < 4.78 is 6.69. The maximum Gasteiger partial charge on any atom is 0.358 e. The van der Waals surface area contributed by atoms with Crippen LogP contribution in [0.1, 0.15) is 29.4 Å². The first-order chi connectivity index (χ1) is 9.29. The lowest BCUT2D eigenvalue weighted by Gasteiger charge is -2.02. The molecule has 4 nitrogen and oxygen atoms in total. The van der Waals surface area contributed by atoms with Gasteiger partial charge >= 0.3 is 5.97 Å². The molecule has 0 saturated heterocycles. The summed E-state index contributed by atoms with van der Waals surface area (Å²) >= 11 is 0. The molecule has 19 heavy (non-hydrogen) atoms. The second-order valence-electron chi connectivity index (χ2n) is 4.27. The topological polar surface area (TPSA) is 44.1 Å². The van der Waals surface area contributed by atoms with E-state index in [0.29, 0.717) is 12.3 Å². The number of nitrogens with zero attached hydrogens (tertiary/aromatic N) is 2. The number of hydrogen-bond acceptors (Lipinski definition) is 3. The number of aromatic nitrogens is 2. The molecule has 0 unspecified atom stereocenters. The fraction of sp³-hybridized carbons (Fsp3) is 0.333. The van der Waals surface area contributed by atoms with Gasteiger partial charge in [0.05, 0.1) is 6.61 Å². The van der Waals surface area contributed by atoms with Crippen LogP contribution in [0.2, 0.25) is 0 Å². The molecule has 1 heterocycles. The first-order valence-electron chi connectivity index (χ1n) is 6.54. The van der Waals surface area contributed by atoms with E-state index < -0.39 is 0 Å². The Balaban J connectivity index is 1.82. The van der Waals surface area contributed by atoms with Crippen molar-refractivity contribution >= 4 is 5.97 Å². The van der Waals surface area contributed by atoms with Gasteiger partial charge in [-0.1, -0.05) is 30.3 Å². The smallest absolute Gasteiger partial charge is 0.358 e. The van der Waals surface area contributed by atoms with Gasteiger partial charge in [0, 0.05) is 12.7 Å². The Kier molecular flexibility index (Phi) is 4.72. The van der Waals surface area contributed by atoms with Gasteiger partial charge < -0.3 is 4.74 Å². The molecular formula is C15H18N2O2. The molecule has 0 bridgehead atoms. The van der Waals surface area contributed by atoms with Crippen molar-refractivity contribution in [1.82, 2.24) is 9.78 Å². The molecule has 0 atom stereocenters. The third kappa shape index (κ3) is 3.95. The van der Waals surface area contributed by atoms with Crippen LogP contribution in [-0.2, 0) is 17.7 Å². The molecule has 0 aliphatic rings. The van der Waals surface area contributed by atoms with Gasteiger partial charge in [0.25, 0.3) is 0 Å². The highest BCUT2D eigenvalue weighted by molar-refractivity contribution is 5.86. The number of hydrogen-bond donors (Lipinski definition) is 0. The first-order valence-corrected chi connectivity index (χ1v) is 6.54. The lowest BCUT2D eigenvalue weighted by atomic mass is 10.1. The second-order valence-corrected chi connectivity index (χ2v) is 4.27. The summed E-state index contributed by atoms with van der Waals surface area (Å²) in [7, 11) is 0. The van der Waals surface area contributed by atoms with E-state index in [1.165, 1.54) is 5.56 Å². The van der Waals surface area contributed by atoms with E-state index in [9.17, 15) is 4.79 Å². The zero-order valence-electron chi connectivity index (χ0n) is 11.1. The molecule has 2 rings (SSSR count). The van der Waals surface area contributed by atoms with Gasteiger partial charge in [0.1, 0.15) is 0 Å². The minimum absolute atomic E-state index is 0.357. The van der Waals surface area contributed by atoms with Crippen molar-refractivity contribution in [3.8, 4) is 0 Å². The summed E-state index contributed by atoms with van der Waals surface area (Å²) in [6.07, 6.45) is 3.82. The SMILES string of the molecule is CCOC(=O)c1ccn(CCCc2ccccc2)n1. The minimum atomic E-state index is -0.357. The number of benzene rings is 1. The predicted molar refractivity (Wildman–Crippen MR) is 72.9 cm³/mol. The highest BCUT2D eigenvalue weighted by atomic mass is 16.5. The number of aryl methyl sites for hydroxylation is 2. The molecule has 2 aromatic rings. The predicted octanol–water partition coefficient (Wildman–Crippen LogP) is 2.69. The van der Waals surface area contributed by atoms with Gasteiger partial charge in [-0.25, -0.2) is 4.79 Å². The van der Waals surface area contributed by atoms with E-state index in [1.54, 1.807) is 17.7 Å². The van der Waals surface area contributed by atoms with E-state index in [0.717, 1.165) is 19.4 Å². The molecule has 4 heteroatoms. The number of rotatable bonds is 6. The van der Waals surface area contributed by atoms with Crippen molar-refractivity contribution < 1.29 is 9.53 Å². The molecule has 100 valence electrons. The first kappa shape index (κ1) is 13.3. The van der Waals surface area contributed by atoms with Crippen LogP contribution in [0, 0.1) is 0 Å². The van der Waals surface area contributed by atoms with Gasteiger partial charge in [0.15, 0.2) is 5.69 Å². The van der Waals surface area contributed by atoms with Crippen LogP contribution in [0.4, 0.5) is 0 Å². The third-order valence-electron chi connectivity index (χ3n) is 2.82. The molecule has 1 aromatic carbocycles. The summed E-state index contributed by atoms with van der Waals surface area (Å²) in [5.41, 5.74) is 1.70. The van der Waals surface area contributed by atoms with Gasteiger partial charge in [-0.3, -0.25) is 4.68 Å². The van der Waals surface area contributed by atoms with Crippen LogP contribution < -0.4 is 0 Å². The van der Waals surface area contributed by atoms with Gasteiger partial charge in [-0.15, -0.1) is 0 Å². The summed E-state index contributed by atoms with van der Waals surface area (Å²) in [6.45, 7) is 2.96. The molecule has 0 radical (unpaired) electrons. The molecule has 0 spiro atoms. The molecule has 0 aliphatic carbocycles. The van der Waals surface area contributed by atoms with Crippen LogP contribution in [0.3, 0.4) is 0 Å². The quantitative estimate of drug-likeness (QED) is 0.748. The number of carbonyl (C=O) groups excluding carboxylic acids is 1. The third-order valence-corrected chi connectivity index (χ3v) is 2.82. The molecule has 0 fully saturated rings. The van der Waals surface area contributed by atoms with Crippen LogP contribution in [0.15, 0.2) is 42.6 Å². The van der Waals surface area contributed by atoms with Crippen molar-refractivity contribution in [3.05, 3.63) is 53.9 Å². The molecule has 0 aliphatic heterocycles. The normalized spacial score (nSPS) is 10.4. The molecular weight excluding hydrogens is 240 g/mol. The summed E-state index contributed by atoms with van der Waals surface area (Å²) in [5, 5.41) is 4.20. The Morgan fingerprint density at radius 2 is 2.05 bits per heavy atom. The van der Waals surface area contributed by atoms with E-state index >= 15 is 0 Å². The standard InChI is InChI=1S/C15H18N2O2/c1-2-19-15(18)14-10-12-17(16-14)11-6-9-13-7-4-3-5-8-13/h3-5,7-8,10,12H,2,6,9,11H2,1H3. The number of carbonyl (C=O) groups is 1. The average molecular weight is 258 g/mol. The van der Waals surface area contributed by atoms with E-state index in [2.05, 4.69) is 17.2 Å². The largest absolute Gasteiger partial charge is 0.461 e. The Hall–Kier alpha value is -2.10. The molecule has 0 saturated carbocycles. The van der Waals surface area contributed by atoms with Crippen molar-refractivity contribution in [1.29, 1.82) is 0 Å². The average Bonchev–Trinajstić information content (AvgIpc) is 2.89. The zero-order chi connectivity index (χ0) is 13.5. The summed E-state index contributed by atoms with van der Waals surface area (Å²) in [4.78, 5) is 11.5. The summed E-state index contributed by atoms with van der Waals surface area (Å²) in [5.74, 6) is -0.357. The van der Waals surface area contributed by atoms with Gasteiger partial charge in [0.2, 0.25) is 0 Å². The maximum atomic E-state index is 11.5. The lowest BCUT2D eigenvalue weighted by molar-refractivity contribution is 0.0518. The van der Waals surface area contributed by atoms with Crippen LogP contribution in [-0.4, -0.2) is 22.4 Å². The van der Waals surface area contributed by atoms with Crippen LogP contribution >= 0.6 is 0 Å². The fourth-order valence-corrected chi connectivity index (χ4v) is 1.89. The molecule has 0 amide bonds. The van der Waals surface area contributed by atoms with Crippen molar-refractivity contribution in [2.75, 3.05) is 6.61 Å². The van der Waals surface area contributed by atoms with Gasteiger partial charge in [-0.05, 0) is 31.4 Å². The minimum Gasteiger partial charge on any atom is -0.461 e. The van der Waals surface area contributed by atoms with Crippen molar-refractivity contribution in [2.45, 2.75) is 26.3 Å². The molecule has 1 aromatic heterocycles. The monoisotopic (exact) mass is 258 g/mol. The molecule has 0 N–H and O–H groups in total. The Bertz CT molecular complexity index is 520.